The standard InChI is InChI=1S/C11H9BrN2O2/c1-16-11(15)9-6-7-14(13-9)10-5-3-2-4-8(10)12/h2-7H,1H3. The summed E-state index contributed by atoms with van der Waals surface area (Å²) in [5.74, 6) is -0.439. The van der Waals surface area contributed by atoms with Gasteiger partial charge < -0.3 is 4.74 Å². The van der Waals surface area contributed by atoms with Crippen LogP contribution in [0.2, 0.25) is 0 Å². The van der Waals surface area contributed by atoms with Gasteiger partial charge in [-0.15, -0.1) is 0 Å². The predicted octanol–water partition coefficient (Wildman–Crippen LogP) is 2.42. The van der Waals surface area contributed by atoms with Crippen LogP contribution >= 0.6 is 15.9 Å². The molecule has 2 rings (SSSR count). The van der Waals surface area contributed by atoms with E-state index < -0.39 is 5.97 Å². The van der Waals surface area contributed by atoms with Crippen LogP contribution in [0.25, 0.3) is 5.69 Å². The molecule has 0 aliphatic heterocycles. The zero-order valence-corrected chi connectivity index (χ0v) is 10.1. The number of hydrogen-bond acceptors (Lipinski definition) is 3. The molecule has 82 valence electrons. The number of ether oxygens (including phenoxy) is 1. The molecular weight excluding hydrogens is 272 g/mol. The lowest BCUT2D eigenvalue weighted by molar-refractivity contribution is 0.0593. The van der Waals surface area contributed by atoms with E-state index in [1.807, 2.05) is 24.3 Å². The van der Waals surface area contributed by atoms with Crippen LogP contribution in [0.5, 0.6) is 0 Å². The number of esters is 1. The van der Waals surface area contributed by atoms with Crippen LogP contribution < -0.4 is 0 Å². The third kappa shape index (κ3) is 1.99. The van der Waals surface area contributed by atoms with Gasteiger partial charge in [0, 0.05) is 10.7 Å². The van der Waals surface area contributed by atoms with E-state index in [9.17, 15) is 4.79 Å². The summed E-state index contributed by atoms with van der Waals surface area (Å²) in [7, 11) is 1.33. The van der Waals surface area contributed by atoms with Crippen molar-refractivity contribution >= 4 is 21.9 Å². The van der Waals surface area contributed by atoms with E-state index >= 15 is 0 Å². The Bertz CT molecular complexity index is 522. The summed E-state index contributed by atoms with van der Waals surface area (Å²) < 4.78 is 7.12. The van der Waals surface area contributed by atoms with Gasteiger partial charge >= 0.3 is 5.97 Å². The van der Waals surface area contributed by atoms with Crippen LogP contribution in [0.15, 0.2) is 41.0 Å². The maximum Gasteiger partial charge on any atom is 0.358 e. The van der Waals surface area contributed by atoms with Crippen LogP contribution in [0.4, 0.5) is 0 Å². The van der Waals surface area contributed by atoms with Gasteiger partial charge in [0.1, 0.15) is 0 Å². The van der Waals surface area contributed by atoms with Crippen LogP contribution in [-0.2, 0) is 4.74 Å². The fourth-order valence-electron chi connectivity index (χ4n) is 1.31. The minimum atomic E-state index is -0.439. The molecule has 0 amide bonds. The van der Waals surface area contributed by atoms with E-state index in [1.54, 1.807) is 16.9 Å². The maximum atomic E-state index is 11.2. The van der Waals surface area contributed by atoms with E-state index in [0.717, 1.165) is 10.2 Å². The predicted molar refractivity (Wildman–Crippen MR) is 62.6 cm³/mol. The molecule has 0 bridgehead atoms. The molecule has 0 fully saturated rings. The molecule has 0 aliphatic rings. The van der Waals surface area contributed by atoms with Gasteiger partial charge in [-0.05, 0) is 34.1 Å². The van der Waals surface area contributed by atoms with Crippen LogP contribution in [0.1, 0.15) is 10.5 Å². The van der Waals surface area contributed by atoms with Crippen LogP contribution in [0.3, 0.4) is 0 Å². The van der Waals surface area contributed by atoms with Crippen molar-refractivity contribution in [3.05, 3.63) is 46.7 Å². The number of carbonyl (C=O) groups is 1. The second-order valence-corrected chi connectivity index (χ2v) is 3.94. The van der Waals surface area contributed by atoms with E-state index in [0.29, 0.717) is 5.69 Å². The van der Waals surface area contributed by atoms with Gasteiger partial charge in [-0.25, -0.2) is 9.48 Å². The number of nitrogens with zero attached hydrogens (tertiary/aromatic N) is 2. The third-order valence-electron chi connectivity index (χ3n) is 2.08. The molecule has 0 saturated carbocycles. The topological polar surface area (TPSA) is 44.1 Å². The quantitative estimate of drug-likeness (QED) is 0.794. The number of para-hydroxylation sites is 1. The first-order valence-corrected chi connectivity index (χ1v) is 5.40. The molecule has 1 aromatic heterocycles. The summed E-state index contributed by atoms with van der Waals surface area (Å²) in [4.78, 5) is 11.2. The molecule has 16 heavy (non-hydrogen) atoms. The summed E-state index contributed by atoms with van der Waals surface area (Å²) in [5.41, 5.74) is 1.16. The first-order valence-electron chi connectivity index (χ1n) is 4.61. The number of rotatable bonds is 2. The van der Waals surface area contributed by atoms with Crippen molar-refractivity contribution in [2.24, 2.45) is 0 Å². The fourth-order valence-corrected chi connectivity index (χ4v) is 1.78. The molecule has 0 unspecified atom stereocenters. The molecule has 1 heterocycles. The van der Waals surface area contributed by atoms with Gasteiger partial charge in [0.15, 0.2) is 5.69 Å². The Morgan fingerprint density at radius 1 is 1.38 bits per heavy atom. The molecule has 4 nitrogen and oxygen atoms in total. The molecule has 5 heteroatoms. The number of hydrogen-bond donors (Lipinski definition) is 0. The van der Waals surface area contributed by atoms with Crippen molar-refractivity contribution in [3.8, 4) is 5.69 Å². The van der Waals surface area contributed by atoms with Crippen molar-refractivity contribution < 1.29 is 9.53 Å². The van der Waals surface area contributed by atoms with Gasteiger partial charge in [-0.2, -0.15) is 5.10 Å². The largest absolute Gasteiger partial charge is 0.464 e. The smallest absolute Gasteiger partial charge is 0.358 e. The van der Waals surface area contributed by atoms with Crippen molar-refractivity contribution in [2.75, 3.05) is 7.11 Å². The molecule has 0 saturated heterocycles. The Morgan fingerprint density at radius 3 is 2.81 bits per heavy atom. The van der Waals surface area contributed by atoms with Crippen molar-refractivity contribution in [1.29, 1.82) is 0 Å². The summed E-state index contributed by atoms with van der Waals surface area (Å²) in [5, 5.41) is 4.12. The number of aromatic nitrogens is 2. The van der Waals surface area contributed by atoms with Gasteiger partial charge in [0.05, 0.1) is 12.8 Å². The highest BCUT2D eigenvalue weighted by molar-refractivity contribution is 9.10. The minimum Gasteiger partial charge on any atom is -0.464 e. The molecule has 1 aromatic carbocycles. The molecular formula is C11H9BrN2O2. The molecule has 2 aromatic rings. The van der Waals surface area contributed by atoms with Gasteiger partial charge in [-0.1, -0.05) is 12.1 Å². The lowest BCUT2D eigenvalue weighted by Crippen LogP contribution is -2.04. The fraction of sp³-hybridized carbons (Fsp3) is 0.0909. The molecule has 0 spiro atoms. The van der Waals surface area contributed by atoms with E-state index in [4.69, 9.17) is 0 Å². The average Bonchev–Trinajstić information content (AvgIpc) is 2.78. The minimum absolute atomic E-state index is 0.290. The second kappa shape index (κ2) is 4.49. The molecule has 0 radical (unpaired) electrons. The summed E-state index contributed by atoms with van der Waals surface area (Å²) in [6.45, 7) is 0. The van der Waals surface area contributed by atoms with E-state index in [2.05, 4.69) is 25.8 Å². The first-order chi connectivity index (χ1) is 7.72. The number of carbonyl (C=O) groups excluding carboxylic acids is 1. The number of halogens is 1. The zero-order chi connectivity index (χ0) is 11.5. The van der Waals surface area contributed by atoms with Crippen LogP contribution in [-0.4, -0.2) is 22.9 Å². The normalized spacial score (nSPS) is 10.1. The van der Waals surface area contributed by atoms with Gasteiger partial charge in [0.25, 0.3) is 0 Å². The lowest BCUT2D eigenvalue weighted by atomic mass is 10.3. The third-order valence-corrected chi connectivity index (χ3v) is 2.75. The van der Waals surface area contributed by atoms with E-state index in [1.165, 1.54) is 7.11 Å². The van der Waals surface area contributed by atoms with Crippen molar-refractivity contribution in [1.82, 2.24) is 9.78 Å². The Balaban J connectivity index is 2.39. The highest BCUT2D eigenvalue weighted by atomic mass is 79.9. The highest BCUT2D eigenvalue weighted by Crippen LogP contribution is 2.19. The first kappa shape index (κ1) is 10.9. The van der Waals surface area contributed by atoms with Gasteiger partial charge in [-0.3, -0.25) is 0 Å². The Hall–Kier alpha value is -1.62. The summed E-state index contributed by atoms with van der Waals surface area (Å²) in [6, 6.07) is 9.25. The average molecular weight is 281 g/mol. The maximum absolute atomic E-state index is 11.2. The number of methoxy groups -OCH3 is 1. The molecule has 0 N–H and O–H groups in total. The Kier molecular flexibility index (Phi) is 3.05. The number of benzene rings is 1. The van der Waals surface area contributed by atoms with Crippen molar-refractivity contribution in [2.45, 2.75) is 0 Å². The lowest BCUT2D eigenvalue weighted by Gasteiger charge is -2.03. The summed E-state index contributed by atoms with van der Waals surface area (Å²) in [6.07, 6.45) is 1.71. The van der Waals surface area contributed by atoms with Crippen LogP contribution in [0, 0.1) is 0 Å². The molecule has 0 aliphatic carbocycles. The van der Waals surface area contributed by atoms with E-state index in [-0.39, 0.29) is 0 Å². The monoisotopic (exact) mass is 280 g/mol. The Morgan fingerprint density at radius 2 is 2.12 bits per heavy atom. The molecule has 0 atom stereocenters. The van der Waals surface area contributed by atoms with Crippen molar-refractivity contribution in [3.63, 3.8) is 0 Å². The second-order valence-electron chi connectivity index (χ2n) is 3.09. The zero-order valence-electron chi connectivity index (χ0n) is 8.55. The Labute approximate surface area is 101 Å². The highest BCUT2D eigenvalue weighted by Gasteiger charge is 2.10. The summed E-state index contributed by atoms with van der Waals surface area (Å²) >= 11 is 3.42. The SMILES string of the molecule is COC(=O)c1ccn(-c2ccccc2Br)n1. The van der Waals surface area contributed by atoms with Gasteiger partial charge in [0.2, 0.25) is 0 Å².